The van der Waals surface area contributed by atoms with E-state index in [0.29, 0.717) is 30.0 Å². The van der Waals surface area contributed by atoms with E-state index in [1.165, 1.54) is 0 Å². The van der Waals surface area contributed by atoms with E-state index in [9.17, 15) is 9.90 Å². The number of pyridine rings is 1. The Morgan fingerprint density at radius 2 is 1.92 bits per heavy atom. The van der Waals surface area contributed by atoms with Gasteiger partial charge in [0, 0.05) is 37.4 Å². The summed E-state index contributed by atoms with van der Waals surface area (Å²) in [6, 6.07) is 8.59. The van der Waals surface area contributed by atoms with Gasteiger partial charge in [-0.2, -0.15) is 5.10 Å². The Morgan fingerprint density at radius 3 is 2.64 bits per heavy atom. The number of carbonyl (C=O) groups excluding carboxylic acids is 1. The molecule has 1 saturated heterocycles. The number of phenolic OH excluding ortho intramolecular Hbond substituents is 1. The molecule has 2 aromatic heterocycles. The number of H-pyrrole nitrogens is 1. The lowest BCUT2D eigenvalue weighted by Gasteiger charge is -2.27. The number of phenols is 1. The molecule has 1 aromatic carbocycles. The molecule has 1 aliphatic heterocycles. The van der Waals surface area contributed by atoms with E-state index in [0.717, 1.165) is 29.7 Å². The van der Waals surface area contributed by atoms with Gasteiger partial charge in [-0.05, 0) is 37.3 Å². The number of benzene rings is 1. The number of nitrogens with zero attached hydrogens (tertiary/aromatic N) is 3. The molecular weight excluding hydrogens is 318 g/mol. The molecule has 0 spiro atoms. The second kappa shape index (κ2) is 6.18. The highest BCUT2D eigenvalue weighted by atomic mass is 16.3. The fourth-order valence-electron chi connectivity index (χ4n) is 3.16. The highest BCUT2D eigenvalue weighted by Gasteiger charge is 2.23. The van der Waals surface area contributed by atoms with Crippen LogP contribution in [0, 0.1) is 6.92 Å². The van der Waals surface area contributed by atoms with E-state index in [2.05, 4.69) is 20.5 Å². The van der Waals surface area contributed by atoms with Crippen molar-refractivity contribution in [3.8, 4) is 17.0 Å². The highest BCUT2D eigenvalue weighted by Crippen LogP contribution is 2.27. The highest BCUT2D eigenvalue weighted by molar-refractivity contribution is 6.07. The Kier molecular flexibility index (Phi) is 3.85. The predicted octanol–water partition coefficient (Wildman–Crippen LogP) is 1.68. The number of piperazine rings is 1. The summed E-state index contributed by atoms with van der Waals surface area (Å²) in [6.07, 6.45) is 0. The van der Waals surface area contributed by atoms with Gasteiger partial charge in [0.05, 0.1) is 16.6 Å². The quantitative estimate of drug-likeness (QED) is 0.661. The average molecular weight is 337 g/mol. The van der Waals surface area contributed by atoms with Gasteiger partial charge in [-0.1, -0.05) is 0 Å². The van der Waals surface area contributed by atoms with Crippen LogP contribution in [0.25, 0.3) is 22.3 Å². The monoisotopic (exact) mass is 337 g/mol. The smallest absolute Gasteiger partial charge is 0.254 e. The lowest BCUT2D eigenvalue weighted by Crippen LogP contribution is -2.46. The number of hydrogen-bond donors (Lipinski definition) is 3. The van der Waals surface area contributed by atoms with Gasteiger partial charge in [0.1, 0.15) is 5.75 Å². The first-order valence-electron chi connectivity index (χ1n) is 8.28. The maximum Gasteiger partial charge on any atom is 0.254 e. The minimum absolute atomic E-state index is 0.00146. The molecule has 1 aliphatic rings. The van der Waals surface area contributed by atoms with Gasteiger partial charge in [-0.25, -0.2) is 4.98 Å². The van der Waals surface area contributed by atoms with Crippen LogP contribution in [-0.2, 0) is 0 Å². The Morgan fingerprint density at radius 1 is 1.20 bits per heavy atom. The minimum atomic E-state index is -0.00146. The van der Waals surface area contributed by atoms with E-state index >= 15 is 0 Å². The molecular formula is C18H19N5O2. The van der Waals surface area contributed by atoms with E-state index in [1.54, 1.807) is 24.3 Å². The van der Waals surface area contributed by atoms with Crippen LogP contribution < -0.4 is 5.32 Å². The molecule has 1 amide bonds. The third-order valence-corrected chi connectivity index (χ3v) is 4.50. The summed E-state index contributed by atoms with van der Waals surface area (Å²) in [5.41, 5.74) is 3.47. The van der Waals surface area contributed by atoms with Crippen molar-refractivity contribution in [3.05, 3.63) is 41.6 Å². The molecule has 3 N–H and O–H groups in total. The molecule has 25 heavy (non-hydrogen) atoms. The van der Waals surface area contributed by atoms with Crippen LogP contribution in [0.5, 0.6) is 5.75 Å². The maximum atomic E-state index is 13.1. The standard InChI is InChI=1S/C18H19N5O2/c1-11-16-14(18(25)23-8-6-19-7-9-23)10-15(20-17(16)22-21-11)12-2-4-13(24)5-3-12/h2-5,10,19,24H,6-9H2,1H3,(H,20,21,22). The van der Waals surface area contributed by atoms with Crippen LogP contribution in [0.1, 0.15) is 16.1 Å². The molecule has 4 rings (SSSR count). The summed E-state index contributed by atoms with van der Waals surface area (Å²) >= 11 is 0. The van der Waals surface area contributed by atoms with Gasteiger partial charge in [-0.15, -0.1) is 0 Å². The Labute approximate surface area is 144 Å². The third-order valence-electron chi connectivity index (χ3n) is 4.50. The fourth-order valence-corrected chi connectivity index (χ4v) is 3.16. The number of aryl methyl sites for hydroxylation is 1. The van der Waals surface area contributed by atoms with Crippen LogP contribution in [0.2, 0.25) is 0 Å². The molecule has 0 unspecified atom stereocenters. The molecule has 0 radical (unpaired) electrons. The van der Waals surface area contributed by atoms with E-state index in [1.807, 2.05) is 17.9 Å². The molecule has 7 nitrogen and oxygen atoms in total. The number of aromatic hydroxyl groups is 1. The first-order chi connectivity index (χ1) is 12.1. The van der Waals surface area contributed by atoms with Crippen molar-refractivity contribution in [1.29, 1.82) is 0 Å². The second-order valence-corrected chi connectivity index (χ2v) is 6.19. The number of amides is 1. The molecule has 0 saturated carbocycles. The van der Waals surface area contributed by atoms with Crippen LogP contribution in [0.3, 0.4) is 0 Å². The molecule has 0 aliphatic carbocycles. The van der Waals surface area contributed by atoms with Crippen LogP contribution >= 0.6 is 0 Å². The summed E-state index contributed by atoms with van der Waals surface area (Å²) < 4.78 is 0. The number of rotatable bonds is 2. The van der Waals surface area contributed by atoms with Gasteiger partial charge in [0.2, 0.25) is 0 Å². The van der Waals surface area contributed by atoms with Gasteiger partial charge in [-0.3, -0.25) is 9.89 Å². The molecule has 3 heterocycles. The van der Waals surface area contributed by atoms with Crippen molar-refractivity contribution < 1.29 is 9.90 Å². The van der Waals surface area contributed by atoms with E-state index in [-0.39, 0.29) is 11.7 Å². The van der Waals surface area contributed by atoms with Gasteiger partial charge >= 0.3 is 0 Å². The second-order valence-electron chi connectivity index (χ2n) is 6.19. The molecule has 0 bridgehead atoms. The topological polar surface area (TPSA) is 94.1 Å². The lowest BCUT2D eigenvalue weighted by atomic mass is 10.0. The Hall–Kier alpha value is -2.93. The SMILES string of the molecule is Cc1[nH]nc2nc(-c3ccc(O)cc3)cc(C(=O)N3CCNCC3)c12. The summed E-state index contributed by atoms with van der Waals surface area (Å²) in [4.78, 5) is 19.5. The molecule has 0 atom stereocenters. The Bertz CT molecular complexity index is 927. The van der Waals surface area contributed by atoms with Gasteiger partial charge in [0.25, 0.3) is 5.91 Å². The number of fused-ring (bicyclic) bond motifs is 1. The van der Waals surface area contributed by atoms with Crippen molar-refractivity contribution in [2.24, 2.45) is 0 Å². The summed E-state index contributed by atoms with van der Waals surface area (Å²) in [5.74, 6) is 0.191. The normalized spacial score (nSPS) is 14.8. The molecule has 128 valence electrons. The molecule has 1 fully saturated rings. The van der Waals surface area contributed by atoms with E-state index < -0.39 is 0 Å². The van der Waals surface area contributed by atoms with Crippen LogP contribution in [-0.4, -0.2) is 57.3 Å². The van der Waals surface area contributed by atoms with Crippen molar-refractivity contribution in [2.75, 3.05) is 26.2 Å². The number of nitrogens with one attached hydrogen (secondary N) is 2. The van der Waals surface area contributed by atoms with Crippen molar-refractivity contribution in [3.63, 3.8) is 0 Å². The number of aromatic nitrogens is 3. The van der Waals surface area contributed by atoms with Gasteiger partial charge < -0.3 is 15.3 Å². The zero-order chi connectivity index (χ0) is 17.4. The number of carbonyl (C=O) groups is 1. The summed E-state index contributed by atoms with van der Waals surface area (Å²) in [6.45, 7) is 4.87. The maximum absolute atomic E-state index is 13.1. The van der Waals surface area contributed by atoms with E-state index in [4.69, 9.17) is 0 Å². The summed E-state index contributed by atoms with van der Waals surface area (Å²) in [7, 11) is 0. The first-order valence-corrected chi connectivity index (χ1v) is 8.28. The number of aromatic amines is 1. The van der Waals surface area contributed by atoms with Crippen molar-refractivity contribution in [2.45, 2.75) is 6.92 Å². The zero-order valence-electron chi connectivity index (χ0n) is 13.9. The Balaban J connectivity index is 1.84. The largest absolute Gasteiger partial charge is 0.508 e. The zero-order valence-corrected chi connectivity index (χ0v) is 13.9. The van der Waals surface area contributed by atoms with Crippen molar-refractivity contribution in [1.82, 2.24) is 25.4 Å². The van der Waals surface area contributed by atoms with Crippen molar-refractivity contribution >= 4 is 16.9 Å². The third kappa shape index (κ3) is 2.83. The summed E-state index contributed by atoms with van der Waals surface area (Å²) in [5, 5.41) is 20.7. The molecule has 7 heteroatoms. The van der Waals surface area contributed by atoms with Crippen LogP contribution in [0.15, 0.2) is 30.3 Å². The minimum Gasteiger partial charge on any atom is -0.508 e. The number of hydrogen-bond acceptors (Lipinski definition) is 5. The average Bonchev–Trinajstić information content (AvgIpc) is 3.03. The fraction of sp³-hybridized carbons (Fsp3) is 0.278. The first kappa shape index (κ1) is 15.6. The van der Waals surface area contributed by atoms with Crippen LogP contribution in [0.4, 0.5) is 0 Å². The van der Waals surface area contributed by atoms with Gasteiger partial charge in [0.15, 0.2) is 5.65 Å². The molecule has 3 aromatic rings. The lowest BCUT2D eigenvalue weighted by molar-refractivity contribution is 0.0737. The predicted molar refractivity (Wildman–Crippen MR) is 94.5 cm³/mol.